The molecule has 0 aromatic carbocycles. The highest BCUT2D eigenvalue weighted by atomic mass is 19.4. The molecule has 0 radical (unpaired) electrons. The molecule has 0 spiro atoms. The number of hydrogen-bond acceptors (Lipinski definition) is 2. The monoisotopic (exact) mass is 254 g/mol. The molecule has 1 unspecified atom stereocenters. The Morgan fingerprint density at radius 3 is 1.71 bits per heavy atom. The summed E-state index contributed by atoms with van der Waals surface area (Å²) in [5, 5.41) is 0. The second kappa shape index (κ2) is 4.86. The summed E-state index contributed by atoms with van der Waals surface area (Å²) in [5.41, 5.74) is -1.49. The fourth-order valence-corrected chi connectivity index (χ4v) is 1.32. The van der Waals surface area contributed by atoms with Gasteiger partial charge < -0.3 is 4.74 Å². The van der Waals surface area contributed by atoms with Gasteiger partial charge in [0.1, 0.15) is 5.60 Å². The summed E-state index contributed by atoms with van der Waals surface area (Å²) in [6.45, 7) is 9.64. The van der Waals surface area contributed by atoms with E-state index >= 15 is 0 Å². The van der Waals surface area contributed by atoms with Crippen LogP contribution in [-0.4, -0.2) is 17.7 Å². The number of ether oxygens (including phenoxy) is 1. The van der Waals surface area contributed by atoms with Crippen molar-refractivity contribution >= 4 is 5.97 Å². The van der Waals surface area contributed by atoms with E-state index in [0.29, 0.717) is 0 Å². The zero-order valence-electron chi connectivity index (χ0n) is 11.2. The third-order valence-electron chi connectivity index (χ3n) is 1.90. The molecule has 0 saturated heterocycles. The predicted octanol–water partition coefficient (Wildman–Crippen LogP) is 3.94. The van der Waals surface area contributed by atoms with Gasteiger partial charge in [0.2, 0.25) is 0 Å². The molecule has 102 valence electrons. The molecule has 0 fully saturated rings. The van der Waals surface area contributed by atoms with Gasteiger partial charge in [0.05, 0.1) is 0 Å². The third-order valence-corrected chi connectivity index (χ3v) is 1.90. The van der Waals surface area contributed by atoms with E-state index in [-0.39, 0.29) is 6.42 Å². The van der Waals surface area contributed by atoms with Gasteiger partial charge in [-0.3, -0.25) is 4.79 Å². The third kappa shape index (κ3) is 7.23. The van der Waals surface area contributed by atoms with E-state index in [9.17, 15) is 18.0 Å². The first kappa shape index (κ1) is 16.3. The first-order chi connectivity index (χ1) is 7.22. The summed E-state index contributed by atoms with van der Waals surface area (Å²) in [5.74, 6) is -3.25. The zero-order valence-corrected chi connectivity index (χ0v) is 11.2. The van der Waals surface area contributed by atoms with Crippen LogP contribution in [0.1, 0.15) is 48.0 Å². The van der Waals surface area contributed by atoms with Gasteiger partial charge in [-0.25, -0.2) is 0 Å². The van der Waals surface area contributed by atoms with Crippen molar-refractivity contribution in [3.05, 3.63) is 0 Å². The first-order valence-corrected chi connectivity index (χ1v) is 5.52. The van der Waals surface area contributed by atoms with Crippen LogP contribution in [0.4, 0.5) is 13.2 Å². The molecule has 0 aliphatic heterocycles. The lowest BCUT2D eigenvalue weighted by Gasteiger charge is -2.29. The summed E-state index contributed by atoms with van der Waals surface area (Å²) in [6, 6.07) is 0. The zero-order chi connectivity index (χ0) is 14.1. The fraction of sp³-hybridized carbons (Fsp3) is 0.917. The van der Waals surface area contributed by atoms with Crippen molar-refractivity contribution < 1.29 is 22.7 Å². The Kier molecular flexibility index (Phi) is 4.65. The highest BCUT2D eigenvalue weighted by Crippen LogP contribution is 2.37. The Hall–Kier alpha value is -0.740. The summed E-state index contributed by atoms with van der Waals surface area (Å²) >= 11 is 0. The average Bonchev–Trinajstić information content (AvgIpc) is 1.92. The molecular formula is C12H21F3O2. The standard InChI is InChI=1S/C12H21F3O2/c1-10(2,3)7-8(12(13,14)15)9(16)17-11(4,5)6/h8H,7H2,1-6H3. The molecule has 0 aliphatic carbocycles. The van der Waals surface area contributed by atoms with Crippen molar-refractivity contribution in [3.63, 3.8) is 0 Å². The molecule has 0 aromatic rings. The Morgan fingerprint density at radius 1 is 1.06 bits per heavy atom. The lowest BCUT2D eigenvalue weighted by atomic mass is 9.84. The van der Waals surface area contributed by atoms with Crippen molar-refractivity contribution in [2.45, 2.75) is 59.7 Å². The minimum atomic E-state index is -4.56. The molecule has 2 nitrogen and oxygen atoms in total. The average molecular weight is 254 g/mol. The van der Waals surface area contributed by atoms with E-state index in [1.165, 1.54) is 0 Å². The number of halogens is 3. The molecule has 17 heavy (non-hydrogen) atoms. The van der Waals surface area contributed by atoms with Crippen molar-refractivity contribution in [2.24, 2.45) is 11.3 Å². The van der Waals surface area contributed by atoms with Crippen molar-refractivity contribution in [3.8, 4) is 0 Å². The van der Waals surface area contributed by atoms with E-state index < -0.39 is 29.1 Å². The van der Waals surface area contributed by atoms with Gasteiger partial charge in [-0.15, -0.1) is 0 Å². The predicted molar refractivity (Wildman–Crippen MR) is 59.5 cm³/mol. The van der Waals surface area contributed by atoms with Crippen molar-refractivity contribution in [2.75, 3.05) is 0 Å². The second-order valence-corrected chi connectivity index (χ2v) is 6.39. The van der Waals surface area contributed by atoms with E-state index in [2.05, 4.69) is 0 Å². The van der Waals surface area contributed by atoms with Gasteiger partial charge in [-0.2, -0.15) is 13.2 Å². The minimum Gasteiger partial charge on any atom is -0.459 e. The highest BCUT2D eigenvalue weighted by Gasteiger charge is 2.48. The molecule has 0 aliphatic rings. The number of carbonyl (C=O) groups excluding carboxylic acids is 1. The maximum Gasteiger partial charge on any atom is 0.402 e. The number of rotatable bonds is 2. The minimum absolute atomic E-state index is 0.272. The van der Waals surface area contributed by atoms with Crippen molar-refractivity contribution in [1.82, 2.24) is 0 Å². The first-order valence-electron chi connectivity index (χ1n) is 5.52. The van der Waals surface area contributed by atoms with Crippen LogP contribution in [0.3, 0.4) is 0 Å². The molecule has 5 heteroatoms. The van der Waals surface area contributed by atoms with Gasteiger partial charge in [0, 0.05) is 0 Å². The number of alkyl halides is 3. The Morgan fingerprint density at radius 2 is 1.47 bits per heavy atom. The van der Waals surface area contributed by atoms with Crippen LogP contribution in [0.15, 0.2) is 0 Å². The highest BCUT2D eigenvalue weighted by molar-refractivity contribution is 5.73. The SMILES string of the molecule is CC(C)(C)CC(C(=O)OC(C)(C)C)C(F)(F)F. The molecule has 0 amide bonds. The maximum atomic E-state index is 12.8. The largest absolute Gasteiger partial charge is 0.459 e. The Labute approximate surface area is 101 Å². The van der Waals surface area contributed by atoms with Crippen LogP contribution in [0.25, 0.3) is 0 Å². The number of carbonyl (C=O) groups is 1. The molecule has 0 bridgehead atoms. The number of esters is 1. The Bertz CT molecular complexity index is 269. The summed E-state index contributed by atoms with van der Waals surface area (Å²) in [4.78, 5) is 11.5. The molecule has 0 aromatic heterocycles. The lowest BCUT2D eigenvalue weighted by Crippen LogP contribution is -2.38. The number of hydrogen-bond donors (Lipinski definition) is 0. The topological polar surface area (TPSA) is 26.3 Å². The molecule has 0 N–H and O–H groups in total. The molecule has 0 heterocycles. The summed E-state index contributed by atoms with van der Waals surface area (Å²) in [7, 11) is 0. The summed E-state index contributed by atoms with van der Waals surface area (Å²) < 4.78 is 43.1. The second-order valence-electron chi connectivity index (χ2n) is 6.39. The summed E-state index contributed by atoms with van der Waals surface area (Å²) in [6.07, 6.45) is -4.83. The van der Waals surface area contributed by atoms with Crippen LogP contribution in [0, 0.1) is 11.3 Å². The van der Waals surface area contributed by atoms with Crippen LogP contribution >= 0.6 is 0 Å². The maximum absolute atomic E-state index is 12.8. The van der Waals surface area contributed by atoms with Gasteiger partial charge >= 0.3 is 12.1 Å². The fourth-order valence-electron chi connectivity index (χ4n) is 1.32. The van der Waals surface area contributed by atoms with Gasteiger partial charge in [-0.1, -0.05) is 20.8 Å². The quantitative estimate of drug-likeness (QED) is 0.698. The van der Waals surface area contributed by atoms with Gasteiger partial charge in [0.15, 0.2) is 5.92 Å². The van der Waals surface area contributed by atoms with Crippen molar-refractivity contribution in [1.29, 1.82) is 0 Å². The van der Waals surface area contributed by atoms with E-state index in [0.717, 1.165) is 0 Å². The molecule has 0 rings (SSSR count). The van der Waals surface area contributed by atoms with E-state index in [1.54, 1.807) is 41.5 Å². The van der Waals surface area contributed by atoms with E-state index in [4.69, 9.17) is 4.74 Å². The smallest absolute Gasteiger partial charge is 0.402 e. The molecule has 1 atom stereocenters. The Balaban J connectivity index is 4.90. The lowest BCUT2D eigenvalue weighted by molar-refractivity contribution is -0.209. The van der Waals surface area contributed by atoms with Crippen LogP contribution < -0.4 is 0 Å². The molecular weight excluding hydrogens is 233 g/mol. The normalized spacial score (nSPS) is 15.6. The van der Waals surface area contributed by atoms with Gasteiger partial charge in [-0.05, 0) is 32.6 Å². The van der Waals surface area contributed by atoms with Gasteiger partial charge in [0.25, 0.3) is 0 Å². The molecule has 0 saturated carbocycles. The van der Waals surface area contributed by atoms with Crippen LogP contribution in [0.2, 0.25) is 0 Å². The van der Waals surface area contributed by atoms with E-state index in [1.807, 2.05) is 0 Å². The van der Waals surface area contributed by atoms with Crippen LogP contribution in [-0.2, 0) is 9.53 Å². The van der Waals surface area contributed by atoms with Crippen LogP contribution in [0.5, 0.6) is 0 Å².